The molecule has 0 saturated carbocycles. The Kier molecular flexibility index (Phi) is 4.43. The molecule has 6 nitrogen and oxygen atoms in total. The van der Waals surface area contributed by atoms with E-state index >= 15 is 0 Å². The zero-order valence-electron chi connectivity index (χ0n) is 15.5. The smallest absolute Gasteiger partial charge is 0.348 e. The van der Waals surface area contributed by atoms with Crippen LogP contribution >= 0.6 is 0 Å². The van der Waals surface area contributed by atoms with Gasteiger partial charge in [0.1, 0.15) is 0 Å². The van der Waals surface area contributed by atoms with Gasteiger partial charge in [-0.05, 0) is 53.8 Å². The molecule has 2 aromatic carbocycles. The Morgan fingerprint density at radius 1 is 1.18 bits per heavy atom. The van der Waals surface area contributed by atoms with Gasteiger partial charge >= 0.3 is 5.69 Å². The van der Waals surface area contributed by atoms with E-state index in [4.69, 9.17) is 4.74 Å². The van der Waals surface area contributed by atoms with E-state index in [9.17, 15) is 4.79 Å². The van der Waals surface area contributed by atoms with E-state index in [1.807, 2.05) is 24.3 Å². The summed E-state index contributed by atoms with van der Waals surface area (Å²) in [4.78, 5) is 12.1. The van der Waals surface area contributed by atoms with Gasteiger partial charge in [-0.15, -0.1) is 0 Å². The van der Waals surface area contributed by atoms with Crippen LogP contribution in [0, 0.1) is 0 Å². The molecule has 0 bridgehead atoms. The van der Waals surface area contributed by atoms with Gasteiger partial charge in [0.2, 0.25) is 0 Å². The fourth-order valence-electron chi connectivity index (χ4n) is 4.02. The normalized spacial score (nSPS) is 16.9. The molecule has 1 aliphatic heterocycles. The third-order valence-corrected chi connectivity index (χ3v) is 5.38. The average molecular weight is 374 g/mol. The summed E-state index contributed by atoms with van der Waals surface area (Å²) >= 11 is 0. The van der Waals surface area contributed by atoms with E-state index in [-0.39, 0.29) is 5.69 Å². The second-order valence-electron chi connectivity index (χ2n) is 7.26. The highest BCUT2D eigenvalue weighted by molar-refractivity contribution is 5.96. The number of aromatic amines is 1. The fourth-order valence-corrected chi connectivity index (χ4v) is 4.02. The zero-order chi connectivity index (χ0) is 18.9. The molecule has 2 N–H and O–H groups in total. The molecule has 0 aliphatic carbocycles. The summed E-state index contributed by atoms with van der Waals surface area (Å²) in [5.41, 5.74) is 4.74. The molecule has 0 spiro atoms. The van der Waals surface area contributed by atoms with Gasteiger partial charge in [-0.3, -0.25) is 0 Å². The lowest BCUT2D eigenvalue weighted by Gasteiger charge is -2.12. The SMILES string of the molecule is O=c1[nH]nc2ccc3c(-c4cccc(CNCC5CCCO5)c4)cccc3n12. The first-order valence-electron chi connectivity index (χ1n) is 9.70. The summed E-state index contributed by atoms with van der Waals surface area (Å²) in [5.74, 6) is 0. The minimum Gasteiger partial charge on any atom is -0.377 e. The van der Waals surface area contributed by atoms with Crippen LogP contribution in [0.1, 0.15) is 18.4 Å². The summed E-state index contributed by atoms with van der Waals surface area (Å²) in [5, 5.41) is 11.1. The molecule has 0 amide bonds. The van der Waals surface area contributed by atoms with Crippen LogP contribution in [-0.4, -0.2) is 33.9 Å². The molecule has 1 atom stereocenters. The number of aromatic nitrogens is 3. The van der Waals surface area contributed by atoms with E-state index < -0.39 is 0 Å². The number of H-pyrrole nitrogens is 1. The van der Waals surface area contributed by atoms with Gasteiger partial charge in [-0.25, -0.2) is 14.3 Å². The van der Waals surface area contributed by atoms with Crippen LogP contribution in [0.5, 0.6) is 0 Å². The Hall–Kier alpha value is -2.96. The lowest BCUT2D eigenvalue weighted by atomic mass is 9.99. The Morgan fingerprint density at radius 3 is 3.00 bits per heavy atom. The van der Waals surface area contributed by atoms with Crippen molar-refractivity contribution in [1.29, 1.82) is 0 Å². The van der Waals surface area contributed by atoms with E-state index in [1.165, 1.54) is 5.56 Å². The Labute approximate surface area is 162 Å². The minimum absolute atomic E-state index is 0.218. The fraction of sp³-hybridized carbons (Fsp3) is 0.273. The van der Waals surface area contributed by atoms with Crippen molar-refractivity contribution in [1.82, 2.24) is 19.9 Å². The third-order valence-electron chi connectivity index (χ3n) is 5.38. The summed E-state index contributed by atoms with van der Waals surface area (Å²) in [6.45, 7) is 2.58. The number of rotatable bonds is 5. The lowest BCUT2D eigenvalue weighted by Crippen LogP contribution is -2.25. The molecule has 5 rings (SSSR count). The van der Waals surface area contributed by atoms with Crippen LogP contribution in [0.2, 0.25) is 0 Å². The zero-order valence-corrected chi connectivity index (χ0v) is 15.5. The molecule has 28 heavy (non-hydrogen) atoms. The highest BCUT2D eigenvalue weighted by Crippen LogP contribution is 2.29. The maximum absolute atomic E-state index is 12.1. The average Bonchev–Trinajstić information content (AvgIpc) is 3.38. The topological polar surface area (TPSA) is 71.4 Å². The van der Waals surface area contributed by atoms with Crippen LogP contribution in [0.15, 0.2) is 59.4 Å². The van der Waals surface area contributed by atoms with Crippen molar-refractivity contribution >= 4 is 16.6 Å². The van der Waals surface area contributed by atoms with Crippen LogP contribution in [0.25, 0.3) is 27.7 Å². The first-order valence-corrected chi connectivity index (χ1v) is 9.70. The molecule has 4 aromatic rings. The van der Waals surface area contributed by atoms with Crippen LogP contribution in [0.4, 0.5) is 0 Å². The number of nitrogens with one attached hydrogen (secondary N) is 2. The van der Waals surface area contributed by atoms with E-state index in [0.717, 1.165) is 54.6 Å². The number of hydrogen-bond acceptors (Lipinski definition) is 4. The number of nitrogens with zero attached hydrogens (tertiary/aromatic N) is 2. The largest absolute Gasteiger partial charge is 0.377 e. The quantitative estimate of drug-likeness (QED) is 0.563. The van der Waals surface area contributed by atoms with Crippen molar-refractivity contribution in [3.05, 3.63) is 70.6 Å². The van der Waals surface area contributed by atoms with Crippen molar-refractivity contribution in [2.75, 3.05) is 13.2 Å². The van der Waals surface area contributed by atoms with E-state index in [0.29, 0.717) is 11.8 Å². The second-order valence-corrected chi connectivity index (χ2v) is 7.26. The van der Waals surface area contributed by atoms with Gasteiger partial charge in [-0.2, -0.15) is 5.10 Å². The van der Waals surface area contributed by atoms with Gasteiger partial charge in [0.25, 0.3) is 0 Å². The van der Waals surface area contributed by atoms with Gasteiger partial charge in [0.15, 0.2) is 5.65 Å². The van der Waals surface area contributed by atoms with Crippen molar-refractivity contribution in [3.8, 4) is 11.1 Å². The third kappa shape index (κ3) is 3.10. The number of ether oxygens (including phenoxy) is 1. The molecule has 1 unspecified atom stereocenters. The number of hydrogen-bond donors (Lipinski definition) is 2. The van der Waals surface area contributed by atoms with Crippen molar-refractivity contribution in [2.45, 2.75) is 25.5 Å². The molecular weight excluding hydrogens is 352 g/mol. The molecular formula is C22H22N4O2. The summed E-state index contributed by atoms with van der Waals surface area (Å²) in [6.07, 6.45) is 2.65. The summed E-state index contributed by atoms with van der Waals surface area (Å²) in [6, 6.07) is 18.5. The van der Waals surface area contributed by atoms with Gasteiger partial charge < -0.3 is 10.1 Å². The van der Waals surface area contributed by atoms with Gasteiger partial charge in [0, 0.05) is 25.1 Å². The predicted octanol–water partition coefficient (Wildman–Crippen LogP) is 3.11. The number of fused-ring (bicyclic) bond motifs is 3. The maximum atomic E-state index is 12.1. The van der Waals surface area contributed by atoms with Crippen molar-refractivity contribution in [2.24, 2.45) is 0 Å². The highest BCUT2D eigenvalue weighted by Gasteiger charge is 2.14. The highest BCUT2D eigenvalue weighted by atomic mass is 16.5. The number of pyridine rings is 1. The molecule has 2 aromatic heterocycles. The molecule has 1 aliphatic rings. The summed E-state index contributed by atoms with van der Waals surface area (Å²) in [7, 11) is 0. The molecule has 1 saturated heterocycles. The molecule has 142 valence electrons. The van der Waals surface area contributed by atoms with Crippen LogP contribution < -0.4 is 11.0 Å². The Morgan fingerprint density at radius 2 is 2.11 bits per heavy atom. The first-order chi connectivity index (χ1) is 13.8. The van der Waals surface area contributed by atoms with E-state index in [1.54, 1.807) is 4.40 Å². The molecule has 1 fully saturated rings. The van der Waals surface area contributed by atoms with Gasteiger partial charge in [-0.1, -0.05) is 30.3 Å². The number of benzene rings is 2. The lowest BCUT2D eigenvalue weighted by molar-refractivity contribution is 0.110. The maximum Gasteiger partial charge on any atom is 0.348 e. The van der Waals surface area contributed by atoms with Crippen LogP contribution in [-0.2, 0) is 11.3 Å². The van der Waals surface area contributed by atoms with Crippen molar-refractivity contribution < 1.29 is 4.74 Å². The molecule has 6 heteroatoms. The molecule has 3 heterocycles. The standard InChI is InChI=1S/C22H22N4O2/c27-22-25-24-21-10-9-19-18(7-2-8-20(19)26(21)22)16-5-1-4-15(12-16)13-23-14-17-6-3-11-28-17/h1-2,4-5,7-10,12,17,23H,3,6,11,13-14H2,(H,25,27). The monoisotopic (exact) mass is 374 g/mol. The Balaban J connectivity index is 1.47. The minimum atomic E-state index is -0.218. The molecule has 0 radical (unpaired) electrons. The predicted molar refractivity (Wildman–Crippen MR) is 109 cm³/mol. The Bertz CT molecular complexity index is 1190. The van der Waals surface area contributed by atoms with Gasteiger partial charge in [0.05, 0.1) is 11.6 Å². The van der Waals surface area contributed by atoms with Crippen molar-refractivity contribution in [3.63, 3.8) is 0 Å². The van der Waals surface area contributed by atoms with Crippen LogP contribution in [0.3, 0.4) is 0 Å². The van der Waals surface area contributed by atoms with E-state index in [2.05, 4.69) is 45.8 Å². The summed E-state index contributed by atoms with van der Waals surface area (Å²) < 4.78 is 7.29. The first kappa shape index (κ1) is 17.2. The second kappa shape index (κ2) is 7.22.